The summed E-state index contributed by atoms with van der Waals surface area (Å²) in [4.78, 5) is 0. The number of rotatable bonds is 4. The second kappa shape index (κ2) is 6.75. The quantitative estimate of drug-likeness (QED) is 0.883. The van der Waals surface area contributed by atoms with E-state index in [1.807, 2.05) is 13.0 Å². The van der Waals surface area contributed by atoms with E-state index in [-0.39, 0.29) is 17.1 Å². The zero-order chi connectivity index (χ0) is 15.6. The molecule has 0 saturated heterocycles. The van der Waals surface area contributed by atoms with E-state index in [0.717, 1.165) is 5.56 Å². The first-order valence-corrected chi connectivity index (χ1v) is 7.29. The average molecular weight is 328 g/mol. The van der Waals surface area contributed by atoms with Crippen LogP contribution in [0.5, 0.6) is 0 Å². The van der Waals surface area contributed by atoms with E-state index in [1.54, 1.807) is 24.3 Å². The minimum Gasteiger partial charge on any atom is -0.388 e. The lowest BCUT2D eigenvalue weighted by molar-refractivity contribution is 0.146. The Morgan fingerprint density at radius 2 is 1.86 bits per heavy atom. The van der Waals surface area contributed by atoms with Gasteiger partial charge in [0.15, 0.2) is 0 Å². The molecule has 2 aromatic carbocycles. The van der Waals surface area contributed by atoms with Gasteiger partial charge < -0.3 is 10.8 Å². The highest BCUT2D eigenvalue weighted by Crippen LogP contribution is 2.36. The van der Waals surface area contributed by atoms with Crippen LogP contribution in [0.25, 0.3) is 0 Å². The van der Waals surface area contributed by atoms with Crippen LogP contribution in [0.3, 0.4) is 0 Å². The van der Waals surface area contributed by atoms with Crippen LogP contribution in [-0.2, 0) is 0 Å². The molecule has 0 aliphatic carbocycles. The topological polar surface area (TPSA) is 46.2 Å². The zero-order valence-electron chi connectivity index (χ0n) is 11.5. The maximum Gasteiger partial charge on any atom is 0.145 e. The summed E-state index contributed by atoms with van der Waals surface area (Å²) in [5, 5.41) is 11.0. The predicted octanol–water partition coefficient (Wildman–Crippen LogP) is 4.22. The Morgan fingerprint density at radius 3 is 2.48 bits per heavy atom. The fourth-order valence-corrected chi connectivity index (χ4v) is 2.85. The van der Waals surface area contributed by atoms with E-state index in [4.69, 9.17) is 28.9 Å². The third kappa shape index (κ3) is 3.38. The van der Waals surface area contributed by atoms with Gasteiger partial charge in [-0.3, -0.25) is 0 Å². The molecule has 0 bridgehead atoms. The molecule has 0 saturated carbocycles. The molecule has 2 unspecified atom stereocenters. The van der Waals surface area contributed by atoms with E-state index in [1.165, 1.54) is 6.07 Å². The van der Waals surface area contributed by atoms with Crippen LogP contribution < -0.4 is 5.73 Å². The smallest absolute Gasteiger partial charge is 0.145 e. The second-order valence-electron chi connectivity index (χ2n) is 4.96. The van der Waals surface area contributed by atoms with Gasteiger partial charge in [-0.25, -0.2) is 4.39 Å². The molecule has 0 fully saturated rings. The van der Waals surface area contributed by atoms with Crippen molar-refractivity contribution in [2.75, 3.05) is 6.54 Å². The summed E-state index contributed by atoms with van der Waals surface area (Å²) >= 11 is 12.0. The molecule has 0 aliphatic heterocycles. The molecule has 0 heterocycles. The second-order valence-corrected chi connectivity index (χ2v) is 5.77. The Balaban J connectivity index is 2.43. The lowest BCUT2D eigenvalue weighted by atomic mass is 9.88. The zero-order valence-corrected chi connectivity index (χ0v) is 13.0. The fourth-order valence-electron chi connectivity index (χ4n) is 2.32. The molecule has 21 heavy (non-hydrogen) atoms. The molecule has 112 valence electrons. The standard InChI is InChI=1S/C16H16Cl2FNO/c1-9-5-6-11(14(18)7-9)16(21)12(8-20)10-3-2-4-13(17)15(10)19/h2-7,12,16,21H,8,20H2,1H3. The number of aryl methyl sites for hydroxylation is 1. The lowest BCUT2D eigenvalue weighted by Gasteiger charge is -2.24. The van der Waals surface area contributed by atoms with Crippen LogP contribution in [0.2, 0.25) is 10.0 Å². The minimum absolute atomic E-state index is 0.00755. The third-order valence-corrected chi connectivity index (χ3v) is 4.11. The van der Waals surface area contributed by atoms with Crippen molar-refractivity contribution >= 4 is 23.2 Å². The van der Waals surface area contributed by atoms with Gasteiger partial charge in [0.25, 0.3) is 0 Å². The summed E-state index contributed by atoms with van der Waals surface area (Å²) < 4.78 is 14.1. The van der Waals surface area contributed by atoms with Gasteiger partial charge >= 0.3 is 0 Å². The normalized spacial score (nSPS) is 14.0. The molecule has 2 aromatic rings. The van der Waals surface area contributed by atoms with Crippen molar-refractivity contribution in [3.8, 4) is 0 Å². The third-order valence-electron chi connectivity index (χ3n) is 3.49. The highest BCUT2D eigenvalue weighted by atomic mass is 35.5. The Labute approximate surface area is 133 Å². The number of nitrogens with two attached hydrogens (primary N) is 1. The molecule has 5 heteroatoms. The first kappa shape index (κ1) is 16.2. The van der Waals surface area contributed by atoms with Crippen molar-refractivity contribution in [1.29, 1.82) is 0 Å². The van der Waals surface area contributed by atoms with Gasteiger partial charge in [-0.05, 0) is 35.7 Å². The van der Waals surface area contributed by atoms with Crippen LogP contribution in [0.1, 0.15) is 28.7 Å². The molecular weight excluding hydrogens is 312 g/mol. The highest BCUT2D eigenvalue weighted by Gasteiger charge is 2.26. The average Bonchev–Trinajstić information content (AvgIpc) is 2.44. The molecule has 2 rings (SSSR count). The number of halogens is 3. The molecule has 0 aliphatic rings. The number of aliphatic hydroxyl groups excluding tert-OH is 1. The summed E-state index contributed by atoms with van der Waals surface area (Å²) in [6.45, 7) is 1.97. The molecule has 0 spiro atoms. The van der Waals surface area contributed by atoms with Crippen LogP contribution >= 0.6 is 23.2 Å². The van der Waals surface area contributed by atoms with E-state index >= 15 is 0 Å². The van der Waals surface area contributed by atoms with Crippen molar-refractivity contribution in [2.24, 2.45) is 5.73 Å². The number of aliphatic hydroxyl groups is 1. The SMILES string of the molecule is Cc1ccc(C(O)C(CN)c2cccc(Cl)c2F)c(Cl)c1. The summed E-state index contributed by atoms with van der Waals surface area (Å²) in [5.41, 5.74) is 7.52. The summed E-state index contributed by atoms with van der Waals surface area (Å²) in [6.07, 6.45) is -1.00. The monoisotopic (exact) mass is 327 g/mol. The van der Waals surface area contributed by atoms with Gasteiger partial charge in [-0.2, -0.15) is 0 Å². The first-order valence-electron chi connectivity index (χ1n) is 6.53. The van der Waals surface area contributed by atoms with Crippen LogP contribution in [-0.4, -0.2) is 11.7 Å². The van der Waals surface area contributed by atoms with Gasteiger partial charge in [0.05, 0.1) is 11.1 Å². The van der Waals surface area contributed by atoms with Gasteiger partial charge in [-0.15, -0.1) is 0 Å². The molecule has 2 nitrogen and oxygen atoms in total. The fraction of sp³-hybridized carbons (Fsp3) is 0.250. The van der Waals surface area contributed by atoms with E-state index in [2.05, 4.69) is 0 Å². The largest absolute Gasteiger partial charge is 0.388 e. The number of benzene rings is 2. The molecular formula is C16H16Cl2FNO. The molecule has 0 amide bonds. The van der Waals surface area contributed by atoms with E-state index in [0.29, 0.717) is 10.6 Å². The molecule has 0 aromatic heterocycles. The van der Waals surface area contributed by atoms with Crippen LogP contribution in [0.15, 0.2) is 36.4 Å². The lowest BCUT2D eigenvalue weighted by Crippen LogP contribution is -2.21. The van der Waals surface area contributed by atoms with E-state index < -0.39 is 17.8 Å². The first-order chi connectivity index (χ1) is 9.95. The van der Waals surface area contributed by atoms with Gasteiger partial charge in [0.2, 0.25) is 0 Å². The summed E-state index contributed by atoms with van der Waals surface area (Å²) in [7, 11) is 0. The Morgan fingerprint density at radius 1 is 1.14 bits per heavy atom. The van der Waals surface area contributed by atoms with Crippen molar-refractivity contribution in [1.82, 2.24) is 0 Å². The van der Waals surface area contributed by atoms with E-state index in [9.17, 15) is 9.50 Å². The van der Waals surface area contributed by atoms with Crippen LogP contribution in [0, 0.1) is 12.7 Å². The van der Waals surface area contributed by atoms with Gasteiger partial charge in [-0.1, -0.05) is 47.5 Å². The van der Waals surface area contributed by atoms with Crippen molar-refractivity contribution < 1.29 is 9.50 Å². The Bertz CT molecular complexity index is 648. The molecule has 2 atom stereocenters. The van der Waals surface area contributed by atoms with Gasteiger partial charge in [0.1, 0.15) is 5.82 Å². The summed E-state index contributed by atoms with van der Waals surface area (Å²) in [6, 6.07) is 9.98. The predicted molar refractivity (Wildman–Crippen MR) is 84.4 cm³/mol. The Hall–Kier alpha value is -1.13. The van der Waals surface area contributed by atoms with Crippen molar-refractivity contribution in [2.45, 2.75) is 18.9 Å². The number of hydrogen-bond donors (Lipinski definition) is 2. The Kier molecular flexibility index (Phi) is 5.22. The van der Waals surface area contributed by atoms with Crippen molar-refractivity contribution in [3.63, 3.8) is 0 Å². The highest BCUT2D eigenvalue weighted by molar-refractivity contribution is 6.31. The van der Waals surface area contributed by atoms with Crippen LogP contribution in [0.4, 0.5) is 4.39 Å². The minimum atomic E-state index is -1.00. The number of hydrogen-bond acceptors (Lipinski definition) is 2. The maximum absolute atomic E-state index is 14.1. The van der Waals surface area contributed by atoms with Crippen molar-refractivity contribution in [3.05, 3.63) is 69.0 Å². The maximum atomic E-state index is 14.1. The molecule has 0 radical (unpaired) electrons. The summed E-state index contributed by atoms with van der Waals surface area (Å²) in [5.74, 6) is -1.18. The molecule has 3 N–H and O–H groups in total. The van der Waals surface area contributed by atoms with Gasteiger partial charge in [0, 0.05) is 17.5 Å².